The number of nitrogens with two attached hydrogens (primary N) is 1. The van der Waals surface area contributed by atoms with E-state index in [2.05, 4.69) is 32.0 Å². The van der Waals surface area contributed by atoms with Gasteiger partial charge in [-0.3, -0.25) is 0 Å². The Kier molecular flexibility index (Phi) is 3.63. The molecule has 0 amide bonds. The first kappa shape index (κ1) is 13.7. The number of hydrogen-bond acceptors (Lipinski definition) is 3. The summed E-state index contributed by atoms with van der Waals surface area (Å²) in [5.74, 6) is 2.90. The molecular formula is C17H25NO2. The standard InChI is InChI=1S/C17H25NO2/c1-17(2)6-5-13(11-18)14(10-17)12-3-4-15-16(9-12)20-8-7-19-15/h3-4,9,13-14H,5-8,10-11,18H2,1-2H3. The summed E-state index contributed by atoms with van der Waals surface area (Å²) in [5, 5.41) is 0. The highest BCUT2D eigenvalue weighted by Crippen LogP contribution is 2.47. The lowest BCUT2D eigenvalue weighted by atomic mass is 9.65. The Hall–Kier alpha value is -1.22. The van der Waals surface area contributed by atoms with Crippen molar-refractivity contribution in [2.45, 2.75) is 39.0 Å². The second-order valence-corrected chi connectivity index (χ2v) is 6.91. The minimum absolute atomic E-state index is 0.406. The van der Waals surface area contributed by atoms with Gasteiger partial charge in [0.25, 0.3) is 0 Å². The third-order valence-electron chi connectivity index (χ3n) is 4.83. The predicted molar refractivity (Wildman–Crippen MR) is 80.3 cm³/mol. The lowest BCUT2D eigenvalue weighted by molar-refractivity contribution is 0.161. The summed E-state index contributed by atoms with van der Waals surface area (Å²) in [7, 11) is 0. The van der Waals surface area contributed by atoms with E-state index in [9.17, 15) is 0 Å². The van der Waals surface area contributed by atoms with Gasteiger partial charge in [0.2, 0.25) is 0 Å². The molecule has 2 atom stereocenters. The highest BCUT2D eigenvalue weighted by atomic mass is 16.6. The molecule has 3 nitrogen and oxygen atoms in total. The van der Waals surface area contributed by atoms with Crippen LogP contribution in [0.25, 0.3) is 0 Å². The van der Waals surface area contributed by atoms with Crippen LogP contribution >= 0.6 is 0 Å². The van der Waals surface area contributed by atoms with Crippen molar-refractivity contribution in [1.29, 1.82) is 0 Å². The van der Waals surface area contributed by atoms with E-state index in [1.54, 1.807) is 0 Å². The van der Waals surface area contributed by atoms with E-state index in [-0.39, 0.29) is 0 Å². The molecule has 3 rings (SSSR count). The quantitative estimate of drug-likeness (QED) is 0.900. The fourth-order valence-corrected chi connectivity index (χ4v) is 3.60. The number of hydrogen-bond donors (Lipinski definition) is 1. The first-order valence-electron chi connectivity index (χ1n) is 7.69. The molecule has 1 fully saturated rings. The number of ether oxygens (including phenoxy) is 2. The van der Waals surface area contributed by atoms with Crippen molar-refractivity contribution >= 4 is 0 Å². The molecule has 1 heterocycles. The van der Waals surface area contributed by atoms with Crippen LogP contribution in [-0.2, 0) is 0 Å². The molecule has 1 aliphatic carbocycles. The highest BCUT2D eigenvalue weighted by Gasteiger charge is 2.35. The third-order valence-corrected chi connectivity index (χ3v) is 4.83. The summed E-state index contributed by atoms with van der Waals surface area (Å²) in [4.78, 5) is 0. The van der Waals surface area contributed by atoms with Crippen LogP contribution in [0.3, 0.4) is 0 Å². The van der Waals surface area contributed by atoms with Gasteiger partial charge in [-0.1, -0.05) is 19.9 Å². The summed E-state index contributed by atoms with van der Waals surface area (Å²) in [5.41, 5.74) is 7.77. The van der Waals surface area contributed by atoms with Gasteiger partial charge in [0, 0.05) is 0 Å². The van der Waals surface area contributed by atoms with E-state index in [0.29, 0.717) is 30.5 Å². The van der Waals surface area contributed by atoms with E-state index >= 15 is 0 Å². The summed E-state index contributed by atoms with van der Waals surface area (Å²) >= 11 is 0. The van der Waals surface area contributed by atoms with Crippen LogP contribution in [0, 0.1) is 11.3 Å². The zero-order chi connectivity index (χ0) is 14.2. The summed E-state index contributed by atoms with van der Waals surface area (Å²) < 4.78 is 11.3. The van der Waals surface area contributed by atoms with Crippen molar-refractivity contribution in [3.05, 3.63) is 23.8 Å². The highest BCUT2D eigenvalue weighted by molar-refractivity contribution is 5.45. The normalized spacial score (nSPS) is 28.1. The van der Waals surface area contributed by atoms with Crippen LogP contribution in [0.15, 0.2) is 18.2 Å². The van der Waals surface area contributed by atoms with Crippen LogP contribution < -0.4 is 15.2 Å². The van der Waals surface area contributed by atoms with Crippen molar-refractivity contribution < 1.29 is 9.47 Å². The molecule has 1 saturated carbocycles. The number of benzene rings is 1. The van der Waals surface area contributed by atoms with Gasteiger partial charge in [0.05, 0.1) is 0 Å². The van der Waals surface area contributed by atoms with Gasteiger partial charge < -0.3 is 15.2 Å². The monoisotopic (exact) mass is 275 g/mol. The summed E-state index contributed by atoms with van der Waals surface area (Å²) in [6.45, 7) is 6.80. The average molecular weight is 275 g/mol. The zero-order valence-corrected chi connectivity index (χ0v) is 12.5. The van der Waals surface area contributed by atoms with Gasteiger partial charge in [-0.05, 0) is 60.8 Å². The van der Waals surface area contributed by atoms with Crippen LogP contribution in [0.2, 0.25) is 0 Å². The van der Waals surface area contributed by atoms with Gasteiger partial charge in [-0.25, -0.2) is 0 Å². The Morgan fingerprint density at radius 1 is 1.20 bits per heavy atom. The molecule has 3 heteroatoms. The largest absolute Gasteiger partial charge is 0.486 e. The van der Waals surface area contributed by atoms with Crippen LogP contribution in [-0.4, -0.2) is 19.8 Å². The Morgan fingerprint density at radius 3 is 2.70 bits per heavy atom. The first-order chi connectivity index (χ1) is 9.59. The van der Waals surface area contributed by atoms with Gasteiger partial charge in [0.1, 0.15) is 13.2 Å². The molecule has 0 saturated heterocycles. The summed E-state index contributed by atoms with van der Waals surface area (Å²) in [6, 6.07) is 6.42. The Labute approximate surface area is 121 Å². The number of fused-ring (bicyclic) bond motifs is 1. The molecule has 0 radical (unpaired) electrons. The topological polar surface area (TPSA) is 44.5 Å². The molecule has 2 aliphatic rings. The Morgan fingerprint density at radius 2 is 1.95 bits per heavy atom. The molecule has 2 unspecified atom stereocenters. The molecule has 20 heavy (non-hydrogen) atoms. The van der Waals surface area contributed by atoms with Crippen LogP contribution in [0.5, 0.6) is 11.5 Å². The second-order valence-electron chi connectivity index (χ2n) is 6.91. The number of rotatable bonds is 2. The second kappa shape index (κ2) is 5.28. The molecule has 2 N–H and O–H groups in total. The minimum Gasteiger partial charge on any atom is -0.486 e. The molecule has 1 aromatic rings. The lowest BCUT2D eigenvalue weighted by Gasteiger charge is -2.41. The third kappa shape index (κ3) is 2.64. The van der Waals surface area contributed by atoms with Crippen molar-refractivity contribution in [3.63, 3.8) is 0 Å². The van der Waals surface area contributed by atoms with Crippen LogP contribution in [0.4, 0.5) is 0 Å². The molecule has 0 spiro atoms. The fourth-order valence-electron chi connectivity index (χ4n) is 3.60. The zero-order valence-electron chi connectivity index (χ0n) is 12.5. The molecule has 0 aromatic heterocycles. The maximum atomic E-state index is 6.00. The SMILES string of the molecule is CC1(C)CCC(CN)C(c2ccc3c(c2)OCCO3)C1. The van der Waals surface area contributed by atoms with Gasteiger partial charge in [-0.15, -0.1) is 0 Å². The molecule has 0 bridgehead atoms. The van der Waals surface area contributed by atoms with E-state index in [4.69, 9.17) is 15.2 Å². The van der Waals surface area contributed by atoms with E-state index < -0.39 is 0 Å². The van der Waals surface area contributed by atoms with Gasteiger partial charge in [-0.2, -0.15) is 0 Å². The average Bonchev–Trinajstić information content (AvgIpc) is 2.46. The molecule has 1 aliphatic heterocycles. The van der Waals surface area contributed by atoms with E-state index in [0.717, 1.165) is 18.0 Å². The maximum absolute atomic E-state index is 6.00. The van der Waals surface area contributed by atoms with Crippen molar-refractivity contribution in [2.75, 3.05) is 19.8 Å². The molecule has 110 valence electrons. The summed E-state index contributed by atoms with van der Waals surface area (Å²) in [6.07, 6.45) is 3.70. The van der Waals surface area contributed by atoms with Crippen molar-refractivity contribution in [2.24, 2.45) is 17.1 Å². The van der Waals surface area contributed by atoms with Gasteiger partial charge >= 0.3 is 0 Å². The molecular weight excluding hydrogens is 250 g/mol. The smallest absolute Gasteiger partial charge is 0.161 e. The van der Waals surface area contributed by atoms with E-state index in [1.165, 1.54) is 24.8 Å². The Bertz CT molecular complexity index is 484. The van der Waals surface area contributed by atoms with Crippen molar-refractivity contribution in [1.82, 2.24) is 0 Å². The lowest BCUT2D eigenvalue weighted by Crippen LogP contribution is -2.32. The van der Waals surface area contributed by atoms with Crippen molar-refractivity contribution in [3.8, 4) is 11.5 Å². The fraction of sp³-hybridized carbons (Fsp3) is 0.647. The first-order valence-corrected chi connectivity index (χ1v) is 7.69. The molecule has 1 aromatic carbocycles. The Balaban J connectivity index is 1.89. The minimum atomic E-state index is 0.406. The predicted octanol–water partition coefficient (Wildman–Crippen LogP) is 3.33. The van der Waals surface area contributed by atoms with Crippen LogP contribution in [0.1, 0.15) is 44.6 Å². The maximum Gasteiger partial charge on any atom is 0.161 e. The van der Waals surface area contributed by atoms with Gasteiger partial charge in [0.15, 0.2) is 11.5 Å². The van der Waals surface area contributed by atoms with E-state index in [1.807, 2.05) is 0 Å².